The SMILES string of the molecule is CCc1cc(C(=O)N2CCSC(CC)C2)cc(NN)n1. The van der Waals surface area contributed by atoms with Crippen LogP contribution in [0.25, 0.3) is 0 Å². The summed E-state index contributed by atoms with van der Waals surface area (Å²) in [6, 6.07) is 3.59. The Morgan fingerprint density at radius 2 is 2.35 bits per heavy atom. The van der Waals surface area contributed by atoms with Crippen LogP contribution in [0.2, 0.25) is 0 Å². The number of nitrogens with one attached hydrogen (secondary N) is 1. The van der Waals surface area contributed by atoms with Gasteiger partial charge in [-0.15, -0.1) is 0 Å². The summed E-state index contributed by atoms with van der Waals surface area (Å²) in [6.45, 7) is 5.83. The average Bonchev–Trinajstić information content (AvgIpc) is 2.53. The molecule has 20 heavy (non-hydrogen) atoms. The van der Waals surface area contributed by atoms with E-state index in [0.717, 1.165) is 37.4 Å². The van der Waals surface area contributed by atoms with Gasteiger partial charge in [0, 0.05) is 35.3 Å². The first kappa shape index (κ1) is 15.1. The smallest absolute Gasteiger partial charge is 0.254 e. The van der Waals surface area contributed by atoms with Gasteiger partial charge in [0.2, 0.25) is 0 Å². The Labute approximate surface area is 124 Å². The van der Waals surface area contributed by atoms with Gasteiger partial charge in [-0.3, -0.25) is 4.79 Å². The van der Waals surface area contributed by atoms with E-state index in [0.29, 0.717) is 16.6 Å². The van der Waals surface area contributed by atoms with Gasteiger partial charge in [0.05, 0.1) is 0 Å². The summed E-state index contributed by atoms with van der Waals surface area (Å²) in [5.41, 5.74) is 4.08. The van der Waals surface area contributed by atoms with Gasteiger partial charge in [-0.2, -0.15) is 11.8 Å². The zero-order valence-corrected chi connectivity index (χ0v) is 12.9. The number of aryl methyl sites for hydroxylation is 1. The topological polar surface area (TPSA) is 71.2 Å². The van der Waals surface area contributed by atoms with Gasteiger partial charge in [0.25, 0.3) is 5.91 Å². The highest BCUT2D eigenvalue weighted by Gasteiger charge is 2.24. The van der Waals surface area contributed by atoms with Crippen molar-refractivity contribution >= 4 is 23.5 Å². The monoisotopic (exact) mass is 294 g/mol. The Hall–Kier alpha value is -1.27. The molecule has 1 aliphatic heterocycles. The van der Waals surface area contributed by atoms with Crippen LogP contribution in [0.1, 0.15) is 36.3 Å². The highest BCUT2D eigenvalue weighted by Crippen LogP contribution is 2.23. The third kappa shape index (κ3) is 3.43. The Morgan fingerprint density at radius 1 is 1.55 bits per heavy atom. The molecule has 0 aliphatic carbocycles. The van der Waals surface area contributed by atoms with Gasteiger partial charge in [0.1, 0.15) is 5.82 Å². The minimum Gasteiger partial charge on any atom is -0.337 e. The molecule has 0 aromatic carbocycles. The van der Waals surface area contributed by atoms with Crippen molar-refractivity contribution in [2.45, 2.75) is 31.9 Å². The van der Waals surface area contributed by atoms with Gasteiger partial charge in [0.15, 0.2) is 0 Å². The predicted molar refractivity (Wildman–Crippen MR) is 83.9 cm³/mol. The van der Waals surface area contributed by atoms with Crippen molar-refractivity contribution in [2.24, 2.45) is 5.84 Å². The maximum absolute atomic E-state index is 12.6. The van der Waals surface area contributed by atoms with Crippen molar-refractivity contribution in [3.05, 3.63) is 23.4 Å². The minimum absolute atomic E-state index is 0.0809. The summed E-state index contributed by atoms with van der Waals surface area (Å²) in [4.78, 5) is 18.9. The molecule has 110 valence electrons. The van der Waals surface area contributed by atoms with Gasteiger partial charge < -0.3 is 10.3 Å². The van der Waals surface area contributed by atoms with Gasteiger partial charge >= 0.3 is 0 Å². The number of aromatic nitrogens is 1. The molecular formula is C14H22N4OS. The zero-order chi connectivity index (χ0) is 14.5. The number of nitrogens with zero attached hydrogens (tertiary/aromatic N) is 2. The van der Waals surface area contributed by atoms with E-state index >= 15 is 0 Å². The lowest BCUT2D eigenvalue weighted by Crippen LogP contribution is -2.41. The molecule has 1 amide bonds. The van der Waals surface area contributed by atoms with Crippen LogP contribution >= 0.6 is 11.8 Å². The lowest BCUT2D eigenvalue weighted by atomic mass is 10.1. The number of hydrazine groups is 1. The molecule has 1 unspecified atom stereocenters. The molecule has 5 nitrogen and oxygen atoms in total. The fourth-order valence-electron chi connectivity index (χ4n) is 2.30. The van der Waals surface area contributed by atoms with Crippen LogP contribution < -0.4 is 11.3 Å². The van der Waals surface area contributed by atoms with Crippen molar-refractivity contribution in [2.75, 3.05) is 24.3 Å². The van der Waals surface area contributed by atoms with Crippen LogP contribution in [0.3, 0.4) is 0 Å². The van der Waals surface area contributed by atoms with Crippen molar-refractivity contribution in [3.8, 4) is 0 Å². The summed E-state index contributed by atoms with van der Waals surface area (Å²) in [7, 11) is 0. The number of hydrogen-bond donors (Lipinski definition) is 2. The van der Waals surface area contributed by atoms with E-state index in [1.165, 1.54) is 0 Å². The molecule has 0 bridgehead atoms. The highest BCUT2D eigenvalue weighted by atomic mass is 32.2. The highest BCUT2D eigenvalue weighted by molar-refractivity contribution is 8.00. The summed E-state index contributed by atoms with van der Waals surface area (Å²) in [5, 5.41) is 0.548. The standard InChI is InChI=1S/C14H22N4OS/c1-3-11-7-10(8-13(16-11)17-15)14(19)18-5-6-20-12(4-2)9-18/h7-8,12H,3-6,9,15H2,1-2H3,(H,16,17). The number of anilines is 1. The summed E-state index contributed by atoms with van der Waals surface area (Å²) in [6.07, 6.45) is 1.88. The van der Waals surface area contributed by atoms with Crippen LogP contribution in [0, 0.1) is 0 Å². The molecule has 3 N–H and O–H groups in total. The fraction of sp³-hybridized carbons (Fsp3) is 0.571. The molecule has 1 saturated heterocycles. The summed E-state index contributed by atoms with van der Waals surface area (Å²) in [5.74, 6) is 7.06. The second-order valence-electron chi connectivity index (χ2n) is 4.88. The van der Waals surface area contributed by atoms with Crippen molar-refractivity contribution in [3.63, 3.8) is 0 Å². The molecule has 1 fully saturated rings. The van der Waals surface area contributed by atoms with Crippen LogP contribution in [0.5, 0.6) is 0 Å². The summed E-state index contributed by atoms with van der Waals surface area (Å²) >= 11 is 1.96. The molecule has 1 aromatic heterocycles. The van der Waals surface area contributed by atoms with Crippen molar-refractivity contribution in [1.82, 2.24) is 9.88 Å². The van der Waals surface area contributed by atoms with Crippen molar-refractivity contribution < 1.29 is 4.79 Å². The third-order valence-corrected chi connectivity index (χ3v) is 4.89. The fourth-order valence-corrected chi connectivity index (χ4v) is 3.48. The maximum Gasteiger partial charge on any atom is 0.254 e. The largest absolute Gasteiger partial charge is 0.337 e. The van der Waals surface area contributed by atoms with Crippen LogP contribution in [-0.4, -0.2) is 39.9 Å². The number of nitrogens with two attached hydrogens (primary N) is 1. The molecule has 1 atom stereocenters. The molecule has 1 aromatic rings. The number of thioether (sulfide) groups is 1. The Kier molecular flexibility index (Phi) is 5.25. The normalized spacial score (nSPS) is 18.9. The van der Waals surface area contributed by atoms with E-state index in [9.17, 15) is 4.79 Å². The van der Waals surface area contributed by atoms with Gasteiger partial charge in [-0.1, -0.05) is 13.8 Å². The molecular weight excluding hydrogens is 272 g/mol. The Balaban J connectivity index is 2.19. The first-order chi connectivity index (χ1) is 9.67. The Bertz CT molecular complexity index is 458. The van der Waals surface area contributed by atoms with Crippen molar-refractivity contribution in [1.29, 1.82) is 0 Å². The first-order valence-corrected chi connectivity index (χ1v) is 8.11. The van der Waals surface area contributed by atoms with E-state index in [4.69, 9.17) is 5.84 Å². The number of hydrogen-bond acceptors (Lipinski definition) is 5. The lowest BCUT2D eigenvalue weighted by Gasteiger charge is -2.32. The molecule has 0 spiro atoms. The third-order valence-electron chi connectivity index (χ3n) is 3.52. The first-order valence-electron chi connectivity index (χ1n) is 7.06. The number of carbonyl (C=O) groups is 1. The summed E-state index contributed by atoms with van der Waals surface area (Å²) < 4.78 is 0. The molecule has 0 radical (unpaired) electrons. The van der Waals surface area contributed by atoms with Crippen LogP contribution in [0.4, 0.5) is 5.82 Å². The van der Waals surface area contributed by atoms with E-state index in [2.05, 4.69) is 17.3 Å². The Morgan fingerprint density at radius 3 is 3.00 bits per heavy atom. The van der Waals surface area contributed by atoms with E-state index in [-0.39, 0.29) is 5.91 Å². The quantitative estimate of drug-likeness (QED) is 0.655. The number of amides is 1. The minimum atomic E-state index is 0.0809. The molecule has 2 heterocycles. The zero-order valence-electron chi connectivity index (χ0n) is 12.1. The molecule has 1 aliphatic rings. The number of nitrogen functional groups attached to an aromatic ring is 1. The second kappa shape index (κ2) is 6.95. The second-order valence-corrected chi connectivity index (χ2v) is 6.29. The average molecular weight is 294 g/mol. The van der Waals surface area contributed by atoms with Crippen LogP contribution in [0.15, 0.2) is 12.1 Å². The maximum atomic E-state index is 12.6. The van der Waals surface area contributed by atoms with Crippen LogP contribution in [-0.2, 0) is 6.42 Å². The van der Waals surface area contributed by atoms with E-state index in [1.807, 2.05) is 29.7 Å². The van der Waals surface area contributed by atoms with Gasteiger partial charge in [-0.05, 0) is 25.0 Å². The molecule has 2 rings (SSSR count). The molecule has 0 saturated carbocycles. The number of pyridine rings is 1. The molecule has 6 heteroatoms. The lowest BCUT2D eigenvalue weighted by molar-refractivity contribution is 0.0760. The van der Waals surface area contributed by atoms with E-state index in [1.54, 1.807) is 6.07 Å². The number of rotatable bonds is 4. The predicted octanol–water partition coefficient (Wildman–Crippen LogP) is 1.90. The number of carbonyl (C=O) groups excluding carboxylic acids is 1. The van der Waals surface area contributed by atoms with E-state index < -0.39 is 0 Å². The van der Waals surface area contributed by atoms with Gasteiger partial charge in [-0.25, -0.2) is 10.8 Å².